The van der Waals surface area contributed by atoms with Gasteiger partial charge in [0.25, 0.3) is 0 Å². The number of aromatic nitrogens is 3. The highest BCUT2D eigenvalue weighted by molar-refractivity contribution is 6.35. The monoisotopic (exact) mass is 1110 g/mol. The lowest BCUT2D eigenvalue weighted by molar-refractivity contribution is 0.0587. The molecule has 3 N–H and O–H groups in total. The van der Waals surface area contributed by atoms with Gasteiger partial charge in [-0.15, -0.1) is 0 Å². The lowest BCUT2D eigenvalue weighted by Gasteiger charge is -2.09. The summed E-state index contributed by atoms with van der Waals surface area (Å²) in [5.74, 6) is 2.91. The summed E-state index contributed by atoms with van der Waals surface area (Å²) in [6.07, 6.45) is 0. The van der Waals surface area contributed by atoms with Crippen LogP contribution in [0.2, 0.25) is 15.5 Å². The van der Waals surface area contributed by atoms with Gasteiger partial charge in [0.15, 0.2) is 0 Å². The molecule has 6 aromatic carbocycles. The van der Waals surface area contributed by atoms with E-state index in [1.54, 1.807) is 42.7 Å². The van der Waals surface area contributed by atoms with Gasteiger partial charge >= 0.3 is 17.9 Å². The Hall–Kier alpha value is -8.76. The second-order valence-corrected chi connectivity index (χ2v) is 17.7. The molecular formula is C60H54Cl3N3O12. The molecule has 9 rings (SSSR count). The molecule has 0 aliphatic carbocycles. The van der Waals surface area contributed by atoms with Crippen LogP contribution in [-0.2, 0) is 14.2 Å². The molecule has 3 aromatic heterocycles. The van der Waals surface area contributed by atoms with Crippen LogP contribution in [0.1, 0.15) is 31.5 Å². The van der Waals surface area contributed by atoms with Crippen molar-refractivity contribution < 1.29 is 57.0 Å². The number of aromatic amines is 3. The maximum atomic E-state index is 12.3. The van der Waals surface area contributed by atoms with Crippen LogP contribution >= 0.6 is 34.8 Å². The Labute approximate surface area is 465 Å². The second-order valence-electron chi connectivity index (χ2n) is 16.5. The number of carbonyl (C=O) groups is 3. The molecule has 0 fully saturated rings. The number of methoxy groups -OCH3 is 9. The fourth-order valence-electron chi connectivity index (χ4n) is 8.40. The molecule has 3 heterocycles. The highest BCUT2D eigenvalue weighted by Crippen LogP contribution is 2.45. The lowest BCUT2D eigenvalue weighted by atomic mass is 9.96. The minimum Gasteiger partial charge on any atom is -0.497 e. The summed E-state index contributed by atoms with van der Waals surface area (Å²) in [6, 6.07) is 44.6. The number of halogens is 3. The van der Waals surface area contributed by atoms with E-state index in [1.165, 1.54) is 21.3 Å². The third-order valence-corrected chi connectivity index (χ3v) is 13.2. The van der Waals surface area contributed by atoms with E-state index in [4.69, 9.17) is 77.4 Å². The molecule has 0 aliphatic rings. The van der Waals surface area contributed by atoms with Crippen LogP contribution in [0.5, 0.6) is 34.5 Å². The number of esters is 3. The van der Waals surface area contributed by atoms with Crippen LogP contribution in [0.4, 0.5) is 0 Å². The maximum Gasteiger partial charge on any atom is 0.355 e. The van der Waals surface area contributed by atoms with Gasteiger partial charge in [-0.1, -0.05) is 108 Å². The fraction of sp³-hybridized carbons (Fsp3) is 0.150. The summed E-state index contributed by atoms with van der Waals surface area (Å²) < 4.78 is 46.0. The minimum atomic E-state index is -0.488. The number of ether oxygens (including phenoxy) is 9. The zero-order valence-corrected chi connectivity index (χ0v) is 46.2. The van der Waals surface area contributed by atoms with E-state index in [0.717, 1.165) is 84.6 Å². The van der Waals surface area contributed by atoms with E-state index in [0.29, 0.717) is 49.2 Å². The molecule has 0 atom stereocenters. The molecule has 0 unspecified atom stereocenters. The molecule has 18 heteroatoms. The van der Waals surface area contributed by atoms with E-state index in [9.17, 15) is 14.4 Å². The molecule has 9 aromatic rings. The van der Waals surface area contributed by atoms with Crippen LogP contribution in [0, 0.1) is 0 Å². The van der Waals surface area contributed by atoms with Crippen LogP contribution in [0.3, 0.4) is 0 Å². The van der Waals surface area contributed by atoms with Crippen LogP contribution in [0.15, 0.2) is 146 Å². The lowest BCUT2D eigenvalue weighted by Crippen LogP contribution is -2.03. The van der Waals surface area contributed by atoms with Crippen molar-refractivity contribution in [2.45, 2.75) is 0 Å². The molecule has 0 aliphatic heterocycles. The van der Waals surface area contributed by atoms with Crippen molar-refractivity contribution >= 4 is 52.7 Å². The van der Waals surface area contributed by atoms with Crippen molar-refractivity contribution in [3.8, 4) is 101 Å². The van der Waals surface area contributed by atoms with Gasteiger partial charge in [0, 0.05) is 33.4 Å². The van der Waals surface area contributed by atoms with Crippen LogP contribution in [-0.4, -0.2) is 96.8 Å². The molecule has 0 bridgehead atoms. The van der Waals surface area contributed by atoms with Crippen molar-refractivity contribution in [2.75, 3.05) is 64.0 Å². The van der Waals surface area contributed by atoms with Crippen molar-refractivity contribution in [3.05, 3.63) is 178 Å². The van der Waals surface area contributed by atoms with Gasteiger partial charge in [0.2, 0.25) is 0 Å². The summed E-state index contributed by atoms with van der Waals surface area (Å²) in [7, 11) is 13.6. The van der Waals surface area contributed by atoms with E-state index < -0.39 is 17.9 Å². The summed E-state index contributed by atoms with van der Waals surface area (Å²) in [5.41, 5.74) is 10.1. The Morgan fingerprint density at radius 1 is 0.269 bits per heavy atom. The number of hydrogen-bond acceptors (Lipinski definition) is 12. The predicted octanol–water partition coefficient (Wildman–Crippen LogP) is 14.4. The third kappa shape index (κ3) is 12.6. The highest BCUT2D eigenvalue weighted by atomic mass is 35.5. The summed E-state index contributed by atoms with van der Waals surface area (Å²) in [4.78, 5) is 45.7. The Morgan fingerprint density at radius 3 is 0.564 bits per heavy atom. The minimum absolute atomic E-state index is 0.300. The van der Waals surface area contributed by atoms with E-state index >= 15 is 0 Å². The average molecular weight is 1120 g/mol. The van der Waals surface area contributed by atoms with Gasteiger partial charge in [0.1, 0.15) is 67.0 Å². The number of H-pyrrole nitrogens is 3. The van der Waals surface area contributed by atoms with Gasteiger partial charge in [-0.2, -0.15) is 0 Å². The average Bonchev–Trinajstić information content (AvgIpc) is 4.17. The molecule has 0 spiro atoms. The molecule has 15 nitrogen and oxygen atoms in total. The fourth-order valence-corrected chi connectivity index (χ4v) is 9.29. The number of carbonyl (C=O) groups excluding carboxylic acids is 3. The topological polar surface area (TPSA) is 182 Å². The highest BCUT2D eigenvalue weighted by Gasteiger charge is 2.27. The molecule has 0 saturated heterocycles. The van der Waals surface area contributed by atoms with Crippen molar-refractivity contribution in [1.82, 2.24) is 15.0 Å². The van der Waals surface area contributed by atoms with Crippen molar-refractivity contribution in [3.63, 3.8) is 0 Å². The Morgan fingerprint density at radius 2 is 0.423 bits per heavy atom. The van der Waals surface area contributed by atoms with E-state index in [-0.39, 0.29) is 0 Å². The third-order valence-electron chi connectivity index (χ3n) is 12.3. The molecule has 78 heavy (non-hydrogen) atoms. The number of nitrogens with one attached hydrogen (secondary N) is 3. The first-order valence-electron chi connectivity index (χ1n) is 23.6. The van der Waals surface area contributed by atoms with Crippen LogP contribution < -0.4 is 28.4 Å². The van der Waals surface area contributed by atoms with E-state index in [1.807, 2.05) is 146 Å². The first-order valence-corrected chi connectivity index (χ1v) is 24.8. The van der Waals surface area contributed by atoms with Gasteiger partial charge in [-0.05, 0) is 106 Å². The zero-order chi connectivity index (χ0) is 56.0. The smallest absolute Gasteiger partial charge is 0.355 e. The van der Waals surface area contributed by atoms with Gasteiger partial charge in [-0.3, -0.25) is 0 Å². The van der Waals surface area contributed by atoms with Gasteiger partial charge in [-0.25, -0.2) is 14.4 Å². The van der Waals surface area contributed by atoms with Crippen molar-refractivity contribution in [1.29, 1.82) is 0 Å². The predicted molar refractivity (Wildman–Crippen MR) is 303 cm³/mol. The quantitative estimate of drug-likeness (QED) is 0.0654. The van der Waals surface area contributed by atoms with Gasteiger partial charge < -0.3 is 57.6 Å². The largest absolute Gasteiger partial charge is 0.497 e. The standard InChI is InChI=1S/3C20H18ClNO4/c3*1-24-14-8-4-12(5-9-14)16-17(13-6-10-15(25-2)11-7-13)19(21)22-18(16)20(23)26-3/h3*4-11,22H,1-3H3. The zero-order valence-electron chi connectivity index (χ0n) is 43.9. The Bertz CT molecular complexity index is 3110. The summed E-state index contributed by atoms with van der Waals surface area (Å²) in [6.45, 7) is 0. The van der Waals surface area contributed by atoms with Crippen LogP contribution in [0.25, 0.3) is 66.8 Å². The van der Waals surface area contributed by atoms with Gasteiger partial charge in [0.05, 0.1) is 64.0 Å². The number of rotatable bonds is 15. The Balaban J connectivity index is 0.000000170. The molecular weight excluding hydrogens is 1060 g/mol. The van der Waals surface area contributed by atoms with E-state index in [2.05, 4.69) is 15.0 Å². The number of benzene rings is 6. The molecule has 0 saturated carbocycles. The SMILES string of the molecule is COC(=O)c1[nH]c(Cl)c(-c2ccc(OC)cc2)c1-c1ccc(OC)cc1.COC(=O)c1[nH]c(Cl)c(-c2ccc(OC)cc2)c1-c1ccc(OC)cc1.COC(=O)c1[nH]c(Cl)c(-c2ccc(OC)cc2)c1-c1ccc(OC)cc1. The molecule has 0 amide bonds. The van der Waals surface area contributed by atoms with Crippen molar-refractivity contribution in [2.24, 2.45) is 0 Å². The maximum absolute atomic E-state index is 12.3. The normalized spacial score (nSPS) is 10.5. The molecule has 0 radical (unpaired) electrons. The summed E-state index contributed by atoms with van der Waals surface area (Å²) >= 11 is 19.3. The first-order chi connectivity index (χ1) is 37.7. The number of hydrogen-bond donors (Lipinski definition) is 3. The molecule has 402 valence electrons. The summed E-state index contributed by atoms with van der Waals surface area (Å²) in [5, 5.41) is 1.09. The Kier molecular flexibility index (Phi) is 19.2. The first kappa shape index (κ1) is 57.0. The second kappa shape index (κ2) is 26.3.